The topological polar surface area (TPSA) is 39.7 Å². The molecule has 1 aliphatic rings. The highest BCUT2D eigenvalue weighted by Crippen LogP contribution is 2.19. The summed E-state index contributed by atoms with van der Waals surface area (Å²) >= 11 is 3.79. The maximum atomic E-state index is 4.35. The third-order valence-electron chi connectivity index (χ3n) is 4.41. The monoisotopic (exact) mass is 368 g/mol. The molecule has 1 aromatic heterocycles. The molecule has 1 aliphatic heterocycles. The van der Waals surface area contributed by atoms with E-state index in [-0.39, 0.29) is 0 Å². The Balaban J connectivity index is 1.64. The standard InChI is InChI=1S/C18H32N4S2/c1-19-18(20-9-3-4-11-23-2)21-13-16-7-5-10-22(14-16)15-17-8-6-12-24-17/h6,8,12,16H,3-5,7,9-11,13-15H2,1-2H3,(H2,19,20,21). The molecule has 4 nitrogen and oxygen atoms in total. The highest BCUT2D eigenvalue weighted by molar-refractivity contribution is 7.98. The van der Waals surface area contributed by atoms with Gasteiger partial charge in [0.15, 0.2) is 5.96 Å². The molecule has 1 saturated heterocycles. The number of nitrogens with one attached hydrogen (secondary N) is 2. The van der Waals surface area contributed by atoms with Crippen LogP contribution < -0.4 is 10.6 Å². The van der Waals surface area contributed by atoms with Crippen LogP contribution in [0.1, 0.15) is 30.6 Å². The predicted molar refractivity (Wildman–Crippen MR) is 109 cm³/mol. The van der Waals surface area contributed by atoms with Gasteiger partial charge in [0.2, 0.25) is 0 Å². The Bertz CT molecular complexity index is 462. The van der Waals surface area contributed by atoms with E-state index in [1.54, 1.807) is 0 Å². The Morgan fingerprint density at radius 1 is 1.42 bits per heavy atom. The molecule has 1 aromatic rings. The molecular weight excluding hydrogens is 336 g/mol. The van der Waals surface area contributed by atoms with Gasteiger partial charge in [-0.15, -0.1) is 11.3 Å². The number of hydrogen-bond acceptors (Lipinski definition) is 4. The average Bonchev–Trinajstić information content (AvgIpc) is 3.11. The summed E-state index contributed by atoms with van der Waals surface area (Å²) in [6, 6.07) is 4.40. The van der Waals surface area contributed by atoms with Gasteiger partial charge in [0.1, 0.15) is 0 Å². The minimum Gasteiger partial charge on any atom is -0.356 e. The van der Waals surface area contributed by atoms with Crippen LogP contribution in [0, 0.1) is 5.92 Å². The fourth-order valence-electron chi connectivity index (χ4n) is 3.12. The van der Waals surface area contributed by atoms with E-state index in [0.29, 0.717) is 5.92 Å². The Hall–Kier alpha value is -0.720. The van der Waals surface area contributed by atoms with Crippen molar-refractivity contribution in [3.8, 4) is 0 Å². The van der Waals surface area contributed by atoms with Crippen LogP contribution in [0.5, 0.6) is 0 Å². The van der Waals surface area contributed by atoms with E-state index in [1.807, 2.05) is 30.1 Å². The van der Waals surface area contributed by atoms with Gasteiger partial charge in [-0.05, 0) is 61.6 Å². The van der Waals surface area contributed by atoms with Gasteiger partial charge in [-0.25, -0.2) is 0 Å². The minimum absolute atomic E-state index is 0.716. The quantitative estimate of drug-likeness (QED) is 0.399. The SMILES string of the molecule is CN=C(NCCCCSC)NCC1CCCN(Cc2cccs2)C1. The van der Waals surface area contributed by atoms with E-state index in [4.69, 9.17) is 0 Å². The van der Waals surface area contributed by atoms with Crippen molar-refractivity contribution >= 4 is 29.1 Å². The summed E-state index contributed by atoms with van der Waals surface area (Å²) < 4.78 is 0. The molecular formula is C18H32N4S2. The Labute approximate surface area is 155 Å². The van der Waals surface area contributed by atoms with E-state index in [9.17, 15) is 0 Å². The number of guanidine groups is 1. The van der Waals surface area contributed by atoms with Crippen molar-refractivity contribution in [1.29, 1.82) is 0 Å². The molecule has 2 N–H and O–H groups in total. The molecule has 0 spiro atoms. The molecule has 0 aromatic carbocycles. The summed E-state index contributed by atoms with van der Waals surface area (Å²) in [5, 5.41) is 9.13. The number of piperidine rings is 1. The second kappa shape index (κ2) is 11.8. The first-order valence-electron chi connectivity index (χ1n) is 9.00. The lowest BCUT2D eigenvalue weighted by atomic mass is 9.98. The van der Waals surface area contributed by atoms with Crippen LogP contribution in [0.25, 0.3) is 0 Å². The summed E-state index contributed by atoms with van der Waals surface area (Å²) in [4.78, 5) is 8.42. The maximum Gasteiger partial charge on any atom is 0.190 e. The summed E-state index contributed by atoms with van der Waals surface area (Å²) in [6.07, 6.45) is 7.27. The van der Waals surface area contributed by atoms with Crippen molar-refractivity contribution in [2.75, 3.05) is 45.2 Å². The molecule has 24 heavy (non-hydrogen) atoms. The lowest BCUT2D eigenvalue weighted by Crippen LogP contribution is -2.44. The molecule has 0 aliphatic carbocycles. The fourth-order valence-corrected chi connectivity index (χ4v) is 4.36. The van der Waals surface area contributed by atoms with Gasteiger partial charge in [0.25, 0.3) is 0 Å². The largest absolute Gasteiger partial charge is 0.356 e. The van der Waals surface area contributed by atoms with Crippen molar-refractivity contribution in [1.82, 2.24) is 15.5 Å². The number of thiophene rings is 1. The number of likely N-dealkylation sites (tertiary alicyclic amines) is 1. The smallest absolute Gasteiger partial charge is 0.190 e. The summed E-state index contributed by atoms with van der Waals surface area (Å²) in [6.45, 7) is 5.56. The minimum atomic E-state index is 0.716. The molecule has 0 bridgehead atoms. The highest BCUT2D eigenvalue weighted by atomic mass is 32.2. The van der Waals surface area contributed by atoms with Crippen molar-refractivity contribution in [2.45, 2.75) is 32.2 Å². The third-order valence-corrected chi connectivity index (χ3v) is 5.97. The van der Waals surface area contributed by atoms with E-state index < -0.39 is 0 Å². The lowest BCUT2D eigenvalue weighted by molar-refractivity contribution is 0.169. The number of rotatable bonds is 9. The first-order chi connectivity index (χ1) is 11.8. The van der Waals surface area contributed by atoms with Crippen molar-refractivity contribution < 1.29 is 0 Å². The fraction of sp³-hybridized carbons (Fsp3) is 0.722. The molecule has 1 unspecified atom stereocenters. The molecule has 2 heterocycles. The maximum absolute atomic E-state index is 4.35. The first-order valence-corrected chi connectivity index (χ1v) is 11.3. The van der Waals surface area contributed by atoms with Crippen molar-refractivity contribution in [2.24, 2.45) is 10.9 Å². The van der Waals surface area contributed by atoms with Crippen LogP contribution in [0.3, 0.4) is 0 Å². The van der Waals surface area contributed by atoms with Crippen LogP contribution in [-0.4, -0.2) is 56.1 Å². The summed E-state index contributed by atoms with van der Waals surface area (Å²) in [5.41, 5.74) is 0. The van der Waals surface area contributed by atoms with Gasteiger partial charge in [-0.1, -0.05) is 6.07 Å². The number of hydrogen-bond donors (Lipinski definition) is 2. The molecule has 136 valence electrons. The number of thioether (sulfide) groups is 1. The second-order valence-corrected chi connectivity index (χ2v) is 8.42. The van der Waals surface area contributed by atoms with Gasteiger partial charge in [-0.3, -0.25) is 9.89 Å². The zero-order valence-corrected chi connectivity index (χ0v) is 16.7. The van der Waals surface area contributed by atoms with Gasteiger partial charge >= 0.3 is 0 Å². The molecule has 0 amide bonds. The zero-order chi connectivity index (χ0) is 17.0. The highest BCUT2D eigenvalue weighted by Gasteiger charge is 2.20. The molecule has 1 fully saturated rings. The van der Waals surface area contributed by atoms with E-state index in [1.165, 1.54) is 49.4 Å². The summed E-state index contributed by atoms with van der Waals surface area (Å²) in [7, 11) is 1.86. The molecule has 6 heteroatoms. The van der Waals surface area contributed by atoms with Gasteiger partial charge < -0.3 is 10.6 Å². The van der Waals surface area contributed by atoms with Crippen molar-refractivity contribution in [3.63, 3.8) is 0 Å². The van der Waals surface area contributed by atoms with Gasteiger partial charge in [0, 0.05) is 38.1 Å². The molecule has 1 atom stereocenters. The predicted octanol–water partition coefficient (Wildman–Crippen LogP) is 3.27. The van der Waals surface area contributed by atoms with Crippen LogP contribution in [0.2, 0.25) is 0 Å². The number of aliphatic imine (C=N–C) groups is 1. The third kappa shape index (κ3) is 7.45. The van der Waals surface area contributed by atoms with Crippen LogP contribution in [0.15, 0.2) is 22.5 Å². The van der Waals surface area contributed by atoms with Gasteiger partial charge in [-0.2, -0.15) is 11.8 Å². The van der Waals surface area contributed by atoms with E-state index >= 15 is 0 Å². The summed E-state index contributed by atoms with van der Waals surface area (Å²) in [5.74, 6) is 2.92. The van der Waals surface area contributed by atoms with Gasteiger partial charge in [0.05, 0.1) is 0 Å². The Morgan fingerprint density at radius 2 is 2.33 bits per heavy atom. The van der Waals surface area contributed by atoms with Crippen LogP contribution >= 0.6 is 23.1 Å². The normalized spacial score (nSPS) is 19.4. The van der Waals surface area contributed by atoms with Crippen molar-refractivity contribution in [3.05, 3.63) is 22.4 Å². The van der Waals surface area contributed by atoms with Crippen LogP contribution in [-0.2, 0) is 6.54 Å². The molecule has 0 saturated carbocycles. The Morgan fingerprint density at radius 3 is 3.08 bits per heavy atom. The second-order valence-electron chi connectivity index (χ2n) is 6.40. The Kier molecular flexibility index (Phi) is 9.61. The van der Waals surface area contributed by atoms with E-state index in [2.05, 4.69) is 44.3 Å². The number of unbranched alkanes of at least 4 members (excludes halogenated alkanes) is 1. The molecule has 0 radical (unpaired) electrons. The van der Waals surface area contributed by atoms with Crippen LogP contribution in [0.4, 0.5) is 0 Å². The average molecular weight is 369 g/mol. The first kappa shape index (κ1) is 19.6. The lowest BCUT2D eigenvalue weighted by Gasteiger charge is -2.32. The van der Waals surface area contributed by atoms with E-state index in [0.717, 1.165) is 25.6 Å². The zero-order valence-electron chi connectivity index (χ0n) is 15.1. The number of nitrogens with zero attached hydrogens (tertiary/aromatic N) is 2. The molecule has 2 rings (SSSR count).